The largest absolute Gasteiger partial charge is 0.493 e. The van der Waals surface area contributed by atoms with Gasteiger partial charge in [0, 0.05) is 16.8 Å². The number of nitrogens with zero attached hydrogens (tertiary/aromatic N) is 1. The first kappa shape index (κ1) is 22.0. The van der Waals surface area contributed by atoms with Gasteiger partial charge in [-0.1, -0.05) is 42.5 Å². The second-order valence-electron chi connectivity index (χ2n) is 7.34. The lowest BCUT2D eigenvalue weighted by atomic mass is 10.0. The van der Waals surface area contributed by atoms with E-state index in [4.69, 9.17) is 19.2 Å². The van der Waals surface area contributed by atoms with E-state index in [9.17, 15) is 4.79 Å². The van der Waals surface area contributed by atoms with Gasteiger partial charge in [-0.2, -0.15) is 0 Å². The van der Waals surface area contributed by atoms with Crippen LogP contribution in [0.3, 0.4) is 0 Å². The highest BCUT2D eigenvalue weighted by Crippen LogP contribution is 2.38. The van der Waals surface area contributed by atoms with Crippen LogP contribution in [0.5, 0.6) is 17.2 Å². The van der Waals surface area contributed by atoms with E-state index in [0.717, 1.165) is 28.2 Å². The standard InChI is InChI=1S/C26H25N3O4/c1-16-23(17-10-6-5-7-11-17)25(28-20-13-9-8-12-19(20)27-16)29-26(30)18-14-21(31-2)24(33-4)22(15-18)32-3/h5-15,27H,1-4H3,(H,28,29,30). The van der Waals surface area contributed by atoms with Gasteiger partial charge >= 0.3 is 0 Å². The van der Waals surface area contributed by atoms with Crippen LogP contribution in [0.25, 0.3) is 5.57 Å². The zero-order chi connectivity index (χ0) is 23.4. The first-order valence-electron chi connectivity index (χ1n) is 10.4. The quantitative estimate of drug-likeness (QED) is 0.578. The predicted octanol–water partition coefficient (Wildman–Crippen LogP) is 5.03. The van der Waals surface area contributed by atoms with Crippen LogP contribution in [0.1, 0.15) is 22.8 Å². The number of anilines is 1. The minimum atomic E-state index is -0.353. The van der Waals surface area contributed by atoms with Gasteiger partial charge in [0.2, 0.25) is 5.75 Å². The Bertz CT molecular complexity index is 1220. The molecule has 0 aliphatic carbocycles. The molecule has 4 rings (SSSR count). The zero-order valence-corrected chi connectivity index (χ0v) is 18.9. The minimum absolute atomic E-state index is 0.350. The number of benzene rings is 3. The fraction of sp³-hybridized carbons (Fsp3) is 0.154. The second-order valence-corrected chi connectivity index (χ2v) is 7.34. The zero-order valence-electron chi connectivity index (χ0n) is 18.9. The summed E-state index contributed by atoms with van der Waals surface area (Å²) < 4.78 is 16.2. The molecule has 2 N–H and O–H groups in total. The topological polar surface area (TPSA) is 81.2 Å². The molecule has 0 bridgehead atoms. The number of amides is 1. The molecular weight excluding hydrogens is 418 g/mol. The summed E-state index contributed by atoms with van der Waals surface area (Å²) in [6, 6.07) is 20.7. The number of allylic oxidation sites excluding steroid dienone is 1. The van der Waals surface area contributed by atoms with Gasteiger partial charge in [0.1, 0.15) is 5.84 Å². The maximum absolute atomic E-state index is 13.4. The van der Waals surface area contributed by atoms with Crippen LogP contribution in [0, 0.1) is 0 Å². The first-order valence-corrected chi connectivity index (χ1v) is 10.4. The van der Waals surface area contributed by atoms with E-state index in [2.05, 4.69) is 10.6 Å². The summed E-state index contributed by atoms with van der Waals surface area (Å²) in [4.78, 5) is 18.2. The number of methoxy groups -OCH3 is 3. The van der Waals surface area contributed by atoms with Crippen molar-refractivity contribution in [2.45, 2.75) is 6.92 Å². The van der Waals surface area contributed by atoms with E-state index in [1.807, 2.05) is 61.5 Å². The van der Waals surface area contributed by atoms with Crippen LogP contribution in [-0.2, 0) is 0 Å². The molecule has 0 fully saturated rings. The third kappa shape index (κ3) is 4.39. The van der Waals surface area contributed by atoms with Crippen LogP contribution < -0.4 is 24.8 Å². The predicted molar refractivity (Wildman–Crippen MR) is 130 cm³/mol. The van der Waals surface area contributed by atoms with Gasteiger partial charge in [0.05, 0.1) is 32.7 Å². The number of amidine groups is 1. The van der Waals surface area contributed by atoms with Crippen molar-refractivity contribution in [1.82, 2.24) is 5.32 Å². The van der Waals surface area contributed by atoms with Gasteiger partial charge in [-0.15, -0.1) is 0 Å². The highest BCUT2D eigenvalue weighted by Gasteiger charge is 2.23. The molecule has 1 heterocycles. The van der Waals surface area contributed by atoms with Crippen molar-refractivity contribution >= 4 is 28.7 Å². The molecule has 0 unspecified atom stereocenters. The molecule has 3 aromatic carbocycles. The lowest BCUT2D eigenvalue weighted by Crippen LogP contribution is -2.32. The average molecular weight is 444 g/mol. The summed E-state index contributed by atoms with van der Waals surface area (Å²) in [5.74, 6) is 1.30. The second kappa shape index (κ2) is 9.48. The molecule has 168 valence electrons. The average Bonchev–Trinajstić information content (AvgIpc) is 2.98. The number of para-hydroxylation sites is 2. The lowest BCUT2D eigenvalue weighted by Gasteiger charge is -2.16. The summed E-state index contributed by atoms with van der Waals surface area (Å²) in [7, 11) is 4.54. The van der Waals surface area contributed by atoms with E-state index >= 15 is 0 Å². The number of aliphatic imine (C=N–C) groups is 1. The number of fused-ring (bicyclic) bond motifs is 1. The van der Waals surface area contributed by atoms with E-state index in [1.54, 1.807) is 12.1 Å². The van der Waals surface area contributed by atoms with Crippen molar-refractivity contribution in [3.8, 4) is 17.2 Å². The number of nitrogens with one attached hydrogen (secondary N) is 2. The molecule has 0 atom stereocenters. The molecule has 0 radical (unpaired) electrons. The Morgan fingerprint density at radius 1 is 0.879 bits per heavy atom. The van der Waals surface area contributed by atoms with Crippen LogP contribution in [0.2, 0.25) is 0 Å². The number of rotatable bonds is 5. The van der Waals surface area contributed by atoms with Gasteiger partial charge in [-0.25, -0.2) is 4.99 Å². The monoisotopic (exact) mass is 443 g/mol. The van der Waals surface area contributed by atoms with Gasteiger partial charge < -0.3 is 24.8 Å². The number of carbonyl (C=O) groups excluding carboxylic acids is 1. The number of ether oxygens (including phenoxy) is 3. The summed E-state index contributed by atoms with van der Waals surface area (Å²) in [6.07, 6.45) is 0. The van der Waals surface area contributed by atoms with Crippen molar-refractivity contribution in [1.29, 1.82) is 0 Å². The number of carbonyl (C=O) groups is 1. The summed E-state index contributed by atoms with van der Waals surface area (Å²) in [5, 5.41) is 6.42. The third-order valence-electron chi connectivity index (χ3n) is 5.29. The minimum Gasteiger partial charge on any atom is -0.493 e. The molecule has 1 aliphatic rings. The van der Waals surface area contributed by atoms with E-state index in [1.165, 1.54) is 21.3 Å². The number of hydrogen-bond donors (Lipinski definition) is 2. The highest BCUT2D eigenvalue weighted by molar-refractivity contribution is 6.30. The molecule has 1 aliphatic heterocycles. The Balaban J connectivity index is 1.79. The maximum atomic E-state index is 13.4. The van der Waals surface area contributed by atoms with Crippen molar-refractivity contribution < 1.29 is 19.0 Å². The Morgan fingerprint density at radius 2 is 1.52 bits per heavy atom. The molecule has 0 saturated carbocycles. The fourth-order valence-corrected chi connectivity index (χ4v) is 3.74. The van der Waals surface area contributed by atoms with Crippen LogP contribution in [0.4, 0.5) is 11.4 Å². The molecule has 33 heavy (non-hydrogen) atoms. The lowest BCUT2D eigenvalue weighted by molar-refractivity contribution is 0.0976. The third-order valence-corrected chi connectivity index (χ3v) is 5.29. The molecule has 7 nitrogen and oxygen atoms in total. The normalized spacial score (nSPS) is 12.7. The molecule has 0 saturated heterocycles. The van der Waals surface area contributed by atoms with E-state index in [-0.39, 0.29) is 5.91 Å². The van der Waals surface area contributed by atoms with Gasteiger partial charge in [-0.05, 0) is 36.8 Å². The molecule has 0 aromatic heterocycles. The van der Waals surface area contributed by atoms with Gasteiger partial charge in [-0.3, -0.25) is 4.79 Å². The molecule has 1 amide bonds. The highest BCUT2D eigenvalue weighted by atomic mass is 16.5. The molecule has 7 heteroatoms. The van der Waals surface area contributed by atoms with E-state index in [0.29, 0.717) is 28.6 Å². The fourth-order valence-electron chi connectivity index (χ4n) is 3.74. The Hall–Kier alpha value is -4.26. The first-order chi connectivity index (χ1) is 16.0. The van der Waals surface area contributed by atoms with Crippen LogP contribution in [-0.4, -0.2) is 33.1 Å². The van der Waals surface area contributed by atoms with Gasteiger partial charge in [0.25, 0.3) is 5.91 Å². The Labute approximate surface area is 192 Å². The summed E-state index contributed by atoms with van der Waals surface area (Å²) >= 11 is 0. The van der Waals surface area contributed by atoms with Crippen molar-refractivity contribution in [2.75, 3.05) is 26.6 Å². The van der Waals surface area contributed by atoms with Crippen molar-refractivity contribution in [3.63, 3.8) is 0 Å². The Kier molecular flexibility index (Phi) is 6.31. The SMILES string of the molecule is COc1cc(C(=O)NC2=Nc3ccccc3NC(C)=C2c2ccccc2)cc(OC)c1OC. The Morgan fingerprint density at radius 3 is 2.15 bits per heavy atom. The van der Waals surface area contributed by atoms with Crippen molar-refractivity contribution in [3.05, 3.63) is 83.6 Å². The molecule has 0 spiro atoms. The maximum Gasteiger partial charge on any atom is 0.257 e. The van der Waals surface area contributed by atoms with Crippen molar-refractivity contribution in [2.24, 2.45) is 4.99 Å². The van der Waals surface area contributed by atoms with E-state index < -0.39 is 0 Å². The molecule has 3 aromatic rings. The summed E-state index contributed by atoms with van der Waals surface area (Å²) in [5.41, 5.74) is 4.54. The van der Waals surface area contributed by atoms with Crippen LogP contribution in [0.15, 0.2) is 77.4 Å². The van der Waals surface area contributed by atoms with Gasteiger partial charge in [0.15, 0.2) is 11.5 Å². The molecular formula is C26H25N3O4. The van der Waals surface area contributed by atoms with Crippen LogP contribution >= 0.6 is 0 Å². The smallest absolute Gasteiger partial charge is 0.257 e. The summed E-state index contributed by atoms with van der Waals surface area (Å²) in [6.45, 7) is 1.96. The number of hydrogen-bond acceptors (Lipinski definition) is 6.